The second-order valence-corrected chi connectivity index (χ2v) is 7.18. The molecule has 0 aliphatic heterocycles. The average molecular weight is 411 g/mol. The zero-order chi connectivity index (χ0) is 21.6. The molecule has 0 saturated carbocycles. The third-order valence-corrected chi connectivity index (χ3v) is 5.19. The number of nitrogens with one attached hydrogen (secondary N) is 2. The van der Waals surface area contributed by atoms with Crippen LogP contribution in [0, 0.1) is 10.1 Å². The van der Waals surface area contributed by atoms with E-state index >= 15 is 0 Å². The molecule has 0 fully saturated rings. The molecule has 4 aromatic rings. The van der Waals surface area contributed by atoms with Crippen LogP contribution < -0.4 is 5.32 Å². The van der Waals surface area contributed by atoms with Crippen LogP contribution >= 0.6 is 0 Å². The topological polar surface area (TPSA) is 88.0 Å². The number of benzene rings is 3. The Labute approximate surface area is 179 Å². The maximum atomic E-state index is 12.5. The minimum atomic E-state index is -0.455. The Bertz CT molecular complexity index is 1250. The predicted octanol–water partition coefficient (Wildman–Crippen LogP) is 5.04. The highest BCUT2D eigenvalue weighted by atomic mass is 16.6. The summed E-state index contributed by atoms with van der Waals surface area (Å²) in [6.45, 7) is 0.421. The van der Waals surface area contributed by atoms with Crippen LogP contribution in [0.5, 0.6) is 0 Å². The first-order chi connectivity index (χ1) is 15.1. The van der Waals surface area contributed by atoms with Gasteiger partial charge in [0.25, 0.3) is 5.69 Å². The third kappa shape index (κ3) is 4.70. The number of fused-ring (bicyclic) bond motifs is 1. The summed E-state index contributed by atoms with van der Waals surface area (Å²) < 4.78 is 0. The normalized spacial score (nSPS) is 12.1. The molecular weight excluding hydrogens is 390 g/mol. The van der Waals surface area contributed by atoms with Gasteiger partial charge >= 0.3 is 0 Å². The van der Waals surface area contributed by atoms with Crippen molar-refractivity contribution in [2.75, 3.05) is 6.54 Å². The highest BCUT2D eigenvalue weighted by Gasteiger charge is 2.18. The predicted molar refractivity (Wildman–Crippen MR) is 122 cm³/mol. The van der Waals surface area contributed by atoms with Gasteiger partial charge in [-0.15, -0.1) is 0 Å². The van der Waals surface area contributed by atoms with E-state index in [9.17, 15) is 14.9 Å². The highest BCUT2D eigenvalue weighted by molar-refractivity contribution is 5.92. The van der Waals surface area contributed by atoms with E-state index in [1.165, 1.54) is 18.2 Å². The molecule has 0 aliphatic carbocycles. The SMILES string of the molecule is O=C(/C=C/c1cccc([N+](=O)[O-])c1)NC[C@@H](c1ccccc1)c1c[nH]c2ccccc12. The molecule has 154 valence electrons. The zero-order valence-electron chi connectivity index (χ0n) is 16.7. The van der Waals surface area contributed by atoms with Gasteiger partial charge in [0, 0.05) is 47.8 Å². The van der Waals surface area contributed by atoms with Crippen LogP contribution in [0.1, 0.15) is 22.6 Å². The van der Waals surface area contributed by atoms with Crippen LogP contribution in [-0.2, 0) is 4.79 Å². The van der Waals surface area contributed by atoms with Gasteiger partial charge in [0.05, 0.1) is 4.92 Å². The van der Waals surface area contributed by atoms with E-state index < -0.39 is 4.92 Å². The molecule has 1 amide bonds. The van der Waals surface area contributed by atoms with E-state index in [0.717, 1.165) is 22.0 Å². The zero-order valence-corrected chi connectivity index (χ0v) is 16.7. The molecule has 1 atom stereocenters. The quantitative estimate of drug-likeness (QED) is 0.254. The number of nitro benzene ring substituents is 1. The molecule has 31 heavy (non-hydrogen) atoms. The molecule has 0 radical (unpaired) electrons. The second kappa shape index (κ2) is 9.09. The number of amides is 1. The summed E-state index contributed by atoms with van der Waals surface area (Å²) in [6, 6.07) is 24.3. The highest BCUT2D eigenvalue weighted by Crippen LogP contribution is 2.30. The number of hydrogen-bond acceptors (Lipinski definition) is 3. The number of H-pyrrole nitrogens is 1. The largest absolute Gasteiger partial charge is 0.361 e. The van der Waals surface area contributed by atoms with Crippen molar-refractivity contribution in [3.05, 3.63) is 118 Å². The van der Waals surface area contributed by atoms with E-state index in [-0.39, 0.29) is 17.5 Å². The number of aromatic amines is 1. The van der Waals surface area contributed by atoms with Gasteiger partial charge in [0.1, 0.15) is 0 Å². The first-order valence-electron chi connectivity index (χ1n) is 9.93. The summed E-state index contributed by atoms with van der Waals surface area (Å²) in [5.41, 5.74) is 3.86. The van der Waals surface area contributed by atoms with Crippen molar-refractivity contribution in [3.63, 3.8) is 0 Å². The van der Waals surface area contributed by atoms with Crippen LogP contribution in [0.3, 0.4) is 0 Å². The molecule has 0 spiro atoms. The number of non-ortho nitro benzene ring substituents is 1. The molecule has 6 nitrogen and oxygen atoms in total. The van der Waals surface area contributed by atoms with Crippen LogP contribution in [-0.4, -0.2) is 22.4 Å². The molecule has 1 aromatic heterocycles. The van der Waals surface area contributed by atoms with Gasteiger partial charge in [0.15, 0.2) is 0 Å². The standard InChI is InChI=1S/C25H21N3O3/c29-25(14-13-18-7-6-10-20(15-18)28(30)31)27-16-22(19-8-2-1-3-9-19)23-17-26-24-12-5-4-11-21(23)24/h1-15,17,22,26H,16H2,(H,27,29)/b14-13+/t22-/m0/s1. The second-order valence-electron chi connectivity index (χ2n) is 7.18. The van der Waals surface area contributed by atoms with Crippen molar-refractivity contribution >= 4 is 28.6 Å². The summed E-state index contributed by atoms with van der Waals surface area (Å²) >= 11 is 0. The Hall–Kier alpha value is -4.19. The van der Waals surface area contributed by atoms with Gasteiger partial charge in [0.2, 0.25) is 5.91 Å². The maximum Gasteiger partial charge on any atom is 0.270 e. The van der Waals surface area contributed by atoms with Crippen molar-refractivity contribution < 1.29 is 9.72 Å². The lowest BCUT2D eigenvalue weighted by atomic mass is 9.91. The monoisotopic (exact) mass is 411 g/mol. The Morgan fingerprint density at radius 3 is 2.61 bits per heavy atom. The van der Waals surface area contributed by atoms with Gasteiger partial charge in [-0.3, -0.25) is 14.9 Å². The number of aromatic nitrogens is 1. The lowest BCUT2D eigenvalue weighted by molar-refractivity contribution is -0.384. The molecule has 2 N–H and O–H groups in total. The minimum absolute atomic E-state index is 0.00830. The number of hydrogen-bond donors (Lipinski definition) is 2. The number of carbonyl (C=O) groups is 1. The van der Waals surface area contributed by atoms with Crippen LogP contribution in [0.4, 0.5) is 5.69 Å². The van der Waals surface area contributed by atoms with Crippen molar-refractivity contribution in [1.29, 1.82) is 0 Å². The molecule has 0 unspecified atom stereocenters. The Morgan fingerprint density at radius 1 is 1.03 bits per heavy atom. The Balaban J connectivity index is 1.52. The molecular formula is C25H21N3O3. The lowest BCUT2D eigenvalue weighted by Gasteiger charge is -2.17. The molecule has 4 rings (SSSR count). The fourth-order valence-corrected chi connectivity index (χ4v) is 3.65. The van der Waals surface area contributed by atoms with Crippen molar-refractivity contribution in [2.45, 2.75) is 5.92 Å². The van der Waals surface area contributed by atoms with E-state index in [1.807, 2.05) is 42.6 Å². The minimum Gasteiger partial charge on any atom is -0.361 e. The number of nitro groups is 1. The summed E-state index contributed by atoms with van der Waals surface area (Å²) in [5, 5.41) is 15.0. The third-order valence-electron chi connectivity index (χ3n) is 5.19. The van der Waals surface area contributed by atoms with Crippen LogP contribution in [0.2, 0.25) is 0 Å². The van der Waals surface area contributed by atoms with Gasteiger partial charge < -0.3 is 10.3 Å². The van der Waals surface area contributed by atoms with E-state index in [4.69, 9.17) is 0 Å². The van der Waals surface area contributed by atoms with E-state index in [0.29, 0.717) is 12.1 Å². The summed E-state index contributed by atoms with van der Waals surface area (Å²) in [6.07, 6.45) is 4.97. The number of nitrogens with zero attached hydrogens (tertiary/aromatic N) is 1. The smallest absolute Gasteiger partial charge is 0.270 e. The van der Waals surface area contributed by atoms with E-state index in [2.05, 4.69) is 28.5 Å². The van der Waals surface area contributed by atoms with Crippen molar-refractivity contribution in [2.24, 2.45) is 0 Å². The maximum absolute atomic E-state index is 12.5. The van der Waals surface area contributed by atoms with Gasteiger partial charge in [-0.1, -0.05) is 60.7 Å². The Morgan fingerprint density at radius 2 is 1.81 bits per heavy atom. The Kier molecular flexibility index (Phi) is 5.89. The van der Waals surface area contributed by atoms with E-state index in [1.54, 1.807) is 18.2 Å². The summed E-state index contributed by atoms with van der Waals surface area (Å²) in [7, 11) is 0. The molecule has 0 aliphatic rings. The van der Waals surface area contributed by atoms with Crippen LogP contribution in [0.25, 0.3) is 17.0 Å². The first-order valence-corrected chi connectivity index (χ1v) is 9.93. The van der Waals surface area contributed by atoms with Crippen LogP contribution in [0.15, 0.2) is 91.1 Å². The fraction of sp³-hybridized carbons (Fsp3) is 0.0800. The molecule has 1 heterocycles. The molecule has 0 bridgehead atoms. The number of para-hydroxylation sites is 1. The average Bonchev–Trinajstić information content (AvgIpc) is 3.23. The lowest BCUT2D eigenvalue weighted by Crippen LogP contribution is -2.27. The molecule has 6 heteroatoms. The fourth-order valence-electron chi connectivity index (χ4n) is 3.65. The van der Waals surface area contributed by atoms with Crippen molar-refractivity contribution in [3.8, 4) is 0 Å². The molecule has 0 saturated heterocycles. The molecule has 3 aromatic carbocycles. The number of rotatable bonds is 7. The van der Waals surface area contributed by atoms with Gasteiger partial charge in [-0.05, 0) is 28.8 Å². The van der Waals surface area contributed by atoms with Crippen molar-refractivity contribution in [1.82, 2.24) is 10.3 Å². The summed E-state index contributed by atoms with van der Waals surface area (Å²) in [5.74, 6) is -0.278. The first kappa shape index (κ1) is 20.1. The van der Waals surface area contributed by atoms with Gasteiger partial charge in [-0.25, -0.2) is 0 Å². The van der Waals surface area contributed by atoms with Gasteiger partial charge in [-0.2, -0.15) is 0 Å². The summed E-state index contributed by atoms with van der Waals surface area (Å²) in [4.78, 5) is 26.2. The number of carbonyl (C=O) groups excluding carboxylic acids is 1.